The van der Waals surface area contributed by atoms with E-state index in [9.17, 15) is 0 Å². The van der Waals surface area contributed by atoms with Gasteiger partial charge < -0.3 is 0 Å². The van der Waals surface area contributed by atoms with Gasteiger partial charge in [0.2, 0.25) is 0 Å². The van der Waals surface area contributed by atoms with Crippen LogP contribution in [0, 0.1) is 5.92 Å². The van der Waals surface area contributed by atoms with Crippen LogP contribution in [0.15, 0.2) is 48.5 Å². The Bertz CT molecular complexity index is 593. The topological polar surface area (TPSA) is 3.24 Å². The number of halogens is 1. The normalized spacial score (nSPS) is 16.0. The highest BCUT2D eigenvalue weighted by molar-refractivity contribution is 6.30. The highest BCUT2D eigenvalue weighted by Gasteiger charge is 2.21. The van der Waals surface area contributed by atoms with E-state index in [4.69, 9.17) is 11.6 Å². The van der Waals surface area contributed by atoms with Gasteiger partial charge in [0.05, 0.1) is 0 Å². The third-order valence-corrected chi connectivity index (χ3v) is 5.02. The van der Waals surface area contributed by atoms with Crippen LogP contribution in [-0.2, 0) is 13.1 Å². The van der Waals surface area contributed by atoms with E-state index in [2.05, 4.69) is 55.1 Å². The Morgan fingerprint density at radius 2 is 1.55 bits per heavy atom. The molecule has 2 heteroatoms. The number of nitrogens with zero attached hydrogens (tertiary/aromatic N) is 1. The fourth-order valence-electron chi connectivity index (χ4n) is 3.48. The maximum atomic E-state index is 6.02. The molecule has 0 aromatic heterocycles. The third kappa shape index (κ3) is 3.53. The predicted octanol–water partition coefficient (Wildman–Crippen LogP) is 5.49. The van der Waals surface area contributed by atoms with Crippen molar-refractivity contribution in [2.24, 2.45) is 5.92 Å². The molecule has 1 heterocycles. The zero-order valence-corrected chi connectivity index (χ0v) is 14.2. The lowest BCUT2D eigenvalue weighted by molar-refractivity contribution is 0.261. The quantitative estimate of drug-likeness (QED) is 0.706. The van der Waals surface area contributed by atoms with Crippen LogP contribution in [0.25, 0.3) is 0 Å². The number of fused-ring (bicyclic) bond motifs is 1. The number of benzene rings is 2. The monoisotopic (exact) mass is 313 g/mol. The van der Waals surface area contributed by atoms with Gasteiger partial charge in [0.15, 0.2) is 0 Å². The lowest BCUT2D eigenvalue weighted by Gasteiger charge is -2.24. The summed E-state index contributed by atoms with van der Waals surface area (Å²) in [6.07, 6.45) is 1.20. The van der Waals surface area contributed by atoms with E-state index in [1.165, 1.54) is 23.1 Å². The van der Waals surface area contributed by atoms with Gasteiger partial charge in [0, 0.05) is 18.1 Å². The van der Waals surface area contributed by atoms with Crippen molar-refractivity contribution in [1.82, 2.24) is 4.90 Å². The average Bonchev–Trinajstić information content (AvgIpc) is 2.91. The van der Waals surface area contributed by atoms with Crippen LogP contribution in [0.1, 0.15) is 42.9 Å². The molecule has 2 aromatic carbocycles. The van der Waals surface area contributed by atoms with Gasteiger partial charge in [-0.15, -0.1) is 0 Å². The van der Waals surface area contributed by atoms with E-state index in [0.29, 0.717) is 11.8 Å². The first kappa shape index (κ1) is 15.6. The molecule has 1 aliphatic rings. The smallest absolute Gasteiger partial charge is 0.0406 e. The molecule has 116 valence electrons. The maximum Gasteiger partial charge on any atom is 0.0406 e. The summed E-state index contributed by atoms with van der Waals surface area (Å²) in [6, 6.07) is 17.2. The molecule has 0 aliphatic carbocycles. The molecule has 1 atom stereocenters. The van der Waals surface area contributed by atoms with E-state index >= 15 is 0 Å². The minimum absolute atomic E-state index is 0.598. The second-order valence-electron chi connectivity index (χ2n) is 6.67. The summed E-state index contributed by atoms with van der Waals surface area (Å²) in [7, 11) is 0. The van der Waals surface area contributed by atoms with Gasteiger partial charge in [0.1, 0.15) is 0 Å². The van der Waals surface area contributed by atoms with E-state index in [-0.39, 0.29) is 0 Å². The molecule has 0 N–H and O–H groups in total. The van der Waals surface area contributed by atoms with Crippen LogP contribution in [0.2, 0.25) is 5.02 Å². The largest absolute Gasteiger partial charge is 0.295 e. The fourth-order valence-corrected chi connectivity index (χ4v) is 3.60. The first-order valence-corrected chi connectivity index (χ1v) is 8.56. The van der Waals surface area contributed by atoms with Gasteiger partial charge in [-0.2, -0.15) is 0 Å². The molecule has 22 heavy (non-hydrogen) atoms. The second kappa shape index (κ2) is 6.85. The van der Waals surface area contributed by atoms with Gasteiger partial charge in [-0.25, -0.2) is 0 Å². The summed E-state index contributed by atoms with van der Waals surface area (Å²) in [4.78, 5) is 2.57. The number of hydrogen-bond acceptors (Lipinski definition) is 1. The fraction of sp³-hybridized carbons (Fsp3) is 0.400. The summed E-state index contributed by atoms with van der Waals surface area (Å²) in [5.74, 6) is 1.24. The Balaban J connectivity index is 1.63. The molecule has 1 nitrogen and oxygen atoms in total. The van der Waals surface area contributed by atoms with E-state index in [1.54, 1.807) is 0 Å². The molecular formula is C20H24ClN. The van der Waals surface area contributed by atoms with Crippen LogP contribution in [0.4, 0.5) is 0 Å². The predicted molar refractivity (Wildman–Crippen MR) is 94.2 cm³/mol. The van der Waals surface area contributed by atoms with Crippen LogP contribution in [0.3, 0.4) is 0 Å². The van der Waals surface area contributed by atoms with E-state index in [1.807, 2.05) is 12.1 Å². The standard InChI is InChI=1S/C20H24ClN/c1-15(2)20(16-7-9-19(21)10-8-16)11-12-22-13-17-5-3-4-6-18(17)14-22/h3-10,15,20H,11-14H2,1-2H3/t20-/m0/s1. The minimum atomic E-state index is 0.598. The van der Waals surface area contributed by atoms with Crippen molar-refractivity contribution in [3.8, 4) is 0 Å². The zero-order valence-electron chi connectivity index (χ0n) is 13.4. The highest BCUT2D eigenvalue weighted by Crippen LogP contribution is 2.30. The Morgan fingerprint density at radius 1 is 0.955 bits per heavy atom. The van der Waals surface area contributed by atoms with Crippen molar-refractivity contribution in [2.45, 2.75) is 39.3 Å². The van der Waals surface area contributed by atoms with Crippen molar-refractivity contribution in [2.75, 3.05) is 6.54 Å². The molecule has 0 radical (unpaired) electrons. The summed E-state index contributed by atoms with van der Waals surface area (Å²) < 4.78 is 0. The summed E-state index contributed by atoms with van der Waals surface area (Å²) in [5.41, 5.74) is 4.40. The van der Waals surface area contributed by atoms with Gasteiger partial charge in [-0.3, -0.25) is 4.90 Å². The van der Waals surface area contributed by atoms with E-state index < -0.39 is 0 Å². The van der Waals surface area contributed by atoms with Crippen molar-refractivity contribution in [3.05, 3.63) is 70.2 Å². The van der Waals surface area contributed by atoms with Crippen LogP contribution in [0.5, 0.6) is 0 Å². The molecule has 0 saturated carbocycles. The molecule has 0 amide bonds. The van der Waals surface area contributed by atoms with Gasteiger partial charge >= 0.3 is 0 Å². The molecule has 2 aromatic rings. The van der Waals surface area contributed by atoms with E-state index in [0.717, 1.165) is 24.7 Å². The zero-order chi connectivity index (χ0) is 15.5. The van der Waals surface area contributed by atoms with Crippen molar-refractivity contribution >= 4 is 11.6 Å². The molecule has 0 saturated heterocycles. The van der Waals surface area contributed by atoms with Gasteiger partial charge in [-0.05, 0) is 53.6 Å². The second-order valence-corrected chi connectivity index (χ2v) is 7.11. The van der Waals surface area contributed by atoms with Crippen molar-refractivity contribution in [1.29, 1.82) is 0 Å². The number of rotatable bonds is 5. The SMILES string of the molecule is CC(C)[C@H](CCN1Cc2ccccc2C1)c1ccc(Cl)cc1. The Morgan fingerprint density at radius 3 is 2.09 bits per heavy atom. The van der Waals surface area contributed by atoms with Crippen molar-refractivity contribution in [3.63, 3.8) is 0 Å². The Kier molecular flexibility index (Phi) is 4.85. The number of hydrogen-bond donors (Lipinski definition) is 0. The summed E-state index contributed by atoms with van der Waals surface area (Å²) in [5, 5.41) is 0.821. The molecule has 3 rings (SSSR count). The molecule has 0 bridgehead atoms. The maximum absolute atomic E-state index is 6.02. The third-order valence-electron chi connectivity index (χ3n) is 4.77. The van der Waals surface area contributed by atoms with Crippen LogP contribution < -0.4 is 0 Å². The highest BCUT2D eigenvalue weighted by atomic mass is 35.5. The van der Waals surface area contributed by atoms with Gasteiger partial charge in [-0.1, -0.05) is 61.8 Å². The summed E-state index contributed by atoms with van der Waals surface area (Å²) >= 11 is 6.02. The molecule has 0 unspecified atom stereocenters. The lowest BCUT2D eigenvalue weighted by Crippen LogP contribution is -2.21. The van der Waals surface area contributed by atoms with Crippen LogP contribution in [-0.4, -0.2) is 11.4 Å². The summed E-state index contributed by atoms with van der Waals surface area (Å²) in [6.45, 7) is 7.99. The molecule has 1 aliphatic heterocycles. The van der Waals surface area contributed by atoms with Gasteiger partial charge in [0.25, 0.3) is 0 Å². The first-order chi connectivity index (χ1) is 10.6. The molecule has 0 spiro atoms. The van der Waals surface area contributed by atoms with Crippen molar-refractivity contribution < 1.29 is 0 Å². The first-order valence-electron chi connectivity index (χ1n) is 8.18. The Labute approximate surface area is 138 Å². The lowest BCUT2D eigenvalue weighted by atomic mass is 9.85. The molecule has 0 fully saturated rings. The van der Waals surface area contributed by atoms with Crippen LogP contribution >= 0.6 is 11.6 Å². The molecular weight excluding hydrogens is 290 g/mol. The Hall–Kier alpha value is -1.31. The average molecular weight is 314 g/mol. The minimum Gasteiger partial charge on any atom is -0.295 e.